The van der Waals surface area contributed by atoms with E-state index in [0.29, 0.717) is 11.3 Å². The van der Waals surface area contributed by atoms with Crippen molar-refractivity contribution in [2.45, 2.75) is 12.5 Å². The first-order valence-corrected chi connectivity index (χ1v) is 5.86. The molecule has 2 rings (SSSR count). The highest BCUT2D eigenvalue weighted by Crippen LogP contribution is 2.27. The van der Waals surface area contributed by atoms with Crippen molar-refractivity contribution in [3.05, 3.63) is 59.7 Å². The summed E-state index contributed by atoms with van der Waals surface area (Å²) in [5.41, 5.74) is -0.855. The molecule has 20 heavy (non-hydrogen) atoms. The molecule has 0 fully saturated rings. The van der Waals surface area contributed by atoms with Crippen molar-refractivity contribution in [3.8, 4) is 23.8 Å². The Labute approximate surface area is 115 Å². The van der Waals surface area contributed by atoms with Crippen LogP contribution in [0.25, 0.3) is 0 Å². The summed E-state index contributed by atoms with van der Waals surface area (Å²) in [7, 11) is 0. The Hall–Kier alpha value is -2.38. The number of benzene rings is 2. The Balaban J connectivity index is 2.21. The van der Waals surface area contributed by atoms with Crippen molar-refractivity contribution in [2.75, 3.05) is 0 Å². The molecule has 2 aromatic rings. The maximum atomic E-state index is 13.4. The van der Waals surface area contributed by atoms with Crippen LogP contribution in [0, 0.1) is 24.0 Å². The highest BCUT2D eigenvalue weighted by atomic mass is 19.1. The highest BCUT2D eigenvalue weighted by Gasteiger charge is 2.19. The molecule has 2 nitrogen and oxygen atoms in total. The number of rotatable bonds is 3. The van der Waals surface area contributed by atoms with Crippen LogP contribution in [0.4, 0.5) is 8.78 Å². The summed E-state index contributed by atoms with van der Waals surface area (Å²) in [5, 5.41) is 9.87. The van der Waals surface area contributed by atoms with Crippen molar-refractivity contribution < 1.29 is 18.6 Å². The second-order valence-corrected chi connectivity index (χ2v) is 4.42. The van der Waals surface area contributed by atoms with Crippen LogP contribution in [0.5, 0.6) is 11.5 Å². The van der Waals surface area contributed by atoms with Crippen LogP contribution in [0.15, 0.2) is 42.5 Å². The first-order chi connectivity index (χ1) is 9.42. The lowest BCUT2D eigenvalue weighted by Crippen LogP contribution is -2.17. The van der Waals surface area contributed by atoms with Crippen LogP contribution >= 0.6 is 0 Å². The van der Waals surface area contributed by atoms with E-state index in [1.165, 1.54) is 13.0 Å². The largest absolute Gasteiger partial charge is 0.454 e. The van der Waals surface area contributed by atoms with E-state index in [-0.39, 0.29) is 5.75 Å². The Morgan fingerprint density at radius 1 is 1.15 bits per heavy atom. The van der Waals surface area contributed by atoms with Crippen LogP contribution in [0.1, 0.15) is 12.5 Å². The quantitative estimate of drug-likeness (QED) is 0.867. The van der Waals surface area contributed by atoms with E-state index in [4.69, 9.17) is 11.2 Å². The fourth-order valence-corrected chi connectivity index (χ4v) is 1.62. The van der Waals surface area contributed by atoms with Crippen LogP contribution in [-0.2, 0) is 5.60 Å². The van der Waals surface area contributed by atoms with Gasteiger partial charge in [-0.05, 0) is 36.8 Å². The SMILES string of the molecule is C#CC(C)(O)c1ccc(Oc2ccc(F)cc2F)cc1. The summed E-state index contributed by atoms with van der Waals surface area (Å²) >= 11 is 0. The average Bonchev–Trinajstić information content (AvgIpc) is 2.42. The van der Waals surface area contributed by atoms with E-state index < -0.39 is 17.2 Å². The smallest absolute Gasteiger partial charge is 0.168 e. The van der Waals surface area contributed by atoms with Crippen LogP contribution in [0.2, 0.25) is 0 Å². The normalized spacial score (nSPS) is 13.3. The lowest BCUT2D eigenvalue weighted by atomic mass is 9.97. The van der Waals surface area contributed by atoms with Crippen LogP contribution < -0.4 is 4.74 Å². The lowest BCUT2D eigenvalue weighted by molar-refractivity contribution is 0.122. The minimum absolute atomic E-state index is 0.0807. The van der Waals surface area contributed by atoms with Crippen molar-refractivity contribution in [2.24, 2.45) is 0 Å². The number of hydrogen-bond acceptors (Lipinski definition) is 2. The fraction of sp³-hybridized carbons (Fsp3) is 0.125. The number of terminal acetylenes is 1. The van der Waals surface area contributed by atoms with Gasteiger partial charge in [0.05, 0.1) is 0 Å². The lowest BCUT2D eigenvalue weighted by Gasteiger charge is -2.17. The Morgan fingerprint density at radius 3 is 2.35 bits per heavy atom. The van der Waals surface area contributed by atoms with E-state index in [2.05, 4.69) is 5.92 Å². The molecule has 1 atom stereocenters. The van der Waals surface area contributed by atoms with Gasteiger partial charge in [-0.25, -0.2) is 8.78 Å². The van der Waals surface area contributed by atoms with Gasteiger partial charge in [-0.2, -0.15) is 0 Å². The molecule has 0 radical (unpaired) electrons. The molecule has 1 unspecified atom stereocenters. The Kier molecular flexibility index (Phi) is 3.73. The molecule has 0 saturated carbocycles. The molecule has 0 aromatic heterocycles. The number of ether oxygens (including phenoxy) is 1. The average molecular weight is 274 g/mol. The van der Waals surface area contributed by atoms with E-state index in [0.717, 1.165) is 12.1 Å². The summed E-state index contributed by atoms with van der Waals surface area (Å²) < 4.78 is 31.5. The van der Waals surface area contributed by atoms with Gasteiger partial charge in [-0.3, -0.25) is 0 Å². The summed E-state index contributed by atoms with van der Waals surface area (Å²) in [5.74, 6) is 1.07. The highest BCUT2D eigenvalue weighted by molar-refractivity contribution is 5.37. The minimum Gasteiger partial charge on any atom is -0.454 e. The van der Waals surface area contributed by atoms with Gasteiger partial charge in [0.2, 0.25) is 0 Å². The van der Waals surface area contributed by atoms with E-state index in [9.17, 15) is 13.9 Å². The van der Waals surface area contributed by atoms with E-state index >= 15 is 0 Å². The molecule has 0 spiro atoms. The van der Waals surface area contributed by atoms with Gasteiger partial charge >= 0.3 is 0 Å². The molecular weight excluding hydrogens is 262 g/mol. The number of hydrogen-bond donors (Lipinski definition) is 1. The van der Waals surface area contributed by atoms with Gasteiger partial charge in [0.15, 0.2) is 11.6 Å². The van der Waals surface area contributed by atoms with E-state index in [1.54, 1.807) is 24.3 Å². The second kappa shape index (κ2) is 5.32. The third kappa shape index (κ3) is 2.95. The number of halogens is 2. The molecular formula is C16H12F2O2. The Morgan fingerprint density at radius 2 is 1.80 bits per heavy atom. The standard InChI is InChI=1S/C16H12F2O2/c1-3-16(2,19)11-4-7-13(8-5-11)20-15-9-6-12(17)10-14(15)18/h1,4-10,19H,2H3. The topological polar surface area (TPSA) is 29.5 Å². The molecule has 0 saturated heterocycles. The zero-order valence-electron chi connectivity index (χ0n) is 10.7. The van der Waals surface area contributed by atoms with Crippen molar-refractivity contribution >= 4 is 0 Å². The van der Waals surface area contributed by atoms with Crippen LogP contribution in [0.3, 0.4) is 0 Å². The van der Waals surface area contributed by atoms with Gasteiger partial charge in [0, 0.05) is 6.07 Å². The molecule has 0 aliphatic heterocycles. The zero-order valence-corrected chi connectivity index (χ0v) is 10.7. The molecule has 0 bridgehead atoms. The third-order valence-corrected chi connectivity index (χ3v) is 2.82. The predicted molar refractivity (Wildman–Crippen MR) is 71.3 cm³/mol. The zero-order chi connectivity index (χ0) is 14.8. The first kappa shape index (κ1) is 14.0. The van der Waals surface area contributed by atoms with Gasteiger partial charge in [-0.1, -0.05) is 18.1 Å². The molecule has 0 amide bonds. The van der Waals surface area contributed by atoms with Gasteiger partial charge < -0.3 is 9.84 Å². The van der Waals surface area contributed by atoms with Crippen molar-refractivity contribution in [1.29, 1.82) is 0 Å². The summed E-state index contributed by atoms with van der Waals surface area (Å²) in [6.07, 6.45) is 5.22. The van der Waals surface area contributed by atoms with Gasteiger partial charge in [0.25, 0.3) is 0 Å². The molecule has 1 N–H and O–H groups in total. The predicted octanol–water partition coefficient (Wildman–Crippen LogP) is 3.60. The fourth-order valence-electron chi connectivity index (χ4n) is 1.62. The summed E-state index contributed by atoms with van der Waals surface area (Å²) in [6, 6.07) is 9.31. The maximum absolute atomic E-state index is 13.4. The monoisotopic (exact) mass is 274 g/mol. The number of aliphatic hydroxyl groups is 1. The molecule has 2 aromatic carbocycles. The molecule has 0 heterocycles. The summed E-state index contributed by atoms with van der Waals surface area (Å²) in [4.78, 5) is 0. The minimum atomic E-state index is -1.38. The first-order valence-electron chi connectivity index (χ1n) is 5.86. The van der Waals surface area contributed by atoms with Gasteiger partial charge in [-0.15, -0.1) is 6.42 Å². The maximum Gasteiger partial charge on any atom is 0.168 e. The molecule has 0 aliphatic carbocycles. The Bertz CT molecular complexity index is 655. The molecule has 102 valence electrons. The molecule has 4 heteroatoms. The van der Waals surface area contributed by atoms with E-state index in [1.807, 2.05) is 0 Å². The van der Waals surface area contributed by atoms with Crippen LogP contribution in [-0.4, -0.2) is 5.11 Å². The summed E-state index contributed by atoms with van der Waals surface area (Å²) in [6.45, 7) is 1.49. The third-order valence-electron chi connectivity index (χ3n) is 2.82. The van der Waals surface area contributed by atoms with Crippen molar-refractivity contribution in [1.82, 2.24) is 0 Å². The van der Waals surface area contributed by atoms with Crippen molar-refractivity contribution in [3.63, 3.8) is 0 Å². The second-order valence-electron chi connectivity index (χ2n) is 4.42. The molecule has 0 aliphatic rings. The van der Waals surface area contributed by atoms with Gasteiger partial charge in [0.1, 0.15) is 17.2 Å².